The number of fused-ring (bicyclic) bond motifs is 1. The van der Waals surface area contributed by atoms with Crippen LogP contribution in [0.15, 0.2) is 23.0 Å². The molecule has 1 saturated carbocycles. The Hall–Kier alpha value is -2.87. The zero-order valence-electron chi connectivity index (χ0n) is 18.9. The number of nitrogens with two attached hydrogens (primary N) is 1. The number of nitrogens with zero attached hydrogens (tertiary/aromatic N) is 4. The van der Waals surface area contributed by atoms with Gasteiger partial charge in [-0.15, -0.1) is 0 Å². The van der Waals surface area contributed by atoms with Crippen molar-refractivity contribution in [3.8, 4) is 17.1 Å². The smallest absolute Gasteiger partial charge is 0.293 e. The molecule has 1 saturated heterocycles. The standard InChI is InChI=1S/C24H32N6O2/c1-15-21-22(24(31)30(28-15)17-6-4-3-5-7-17)27-23(26-21)19-9-8-18(14-20(19)32-2)29-12-10-16(25)11-13-29/h8-9,14,16-17H,3-7,10-13,25H2,1-2H3,(H,26,27). The zero-order chi connectivity index (χ0) is 22.2. The minimum absolute atomic E-state index is 0.0866. The quantitative estimate of drug-likeness (QED) is 0.649. The lowest BCUT2D eigenvalue weighted by atomic mass is 9.95. The van der Waals surface area contributed by atoms with E-state index in [0.29, 0.717) is 16.9 Å². The maximum atomic E-state index is 13.2. The predicted molar refractivity (Wildman–Crippen MR) is 126 cm³/mol. The number of piperidine rings is 1. The lowest BCUT2D eigenvalue weighted by Gasteiger charge is -2.32. The molecule has 2 aliphatic rings. The molecular weight excluding hydrogens is 404 g/mol. The van der Waals surface area contributed by atoms with Crippen molar-refractivity contribution in [1.29, 1.82) is 0 Å². The number of hydrogen-bond acceptors (Lipinski definition) is 6. The Morgan fingerprint density at radius 1 is 1.12 bits per heavy atom. The van der Waals surface area contributed by atoms with Gasteiger partial charge in [0, 0.05) is 30.9 Å². The van der Waals surface area contributed by atoms with Gasteiger partial charge < -0.3 is 20.4 Å². The molecule has 0 bridgehead atoms. The fourth-order valence-electron chi connectivity index (χ4n) is 5.09. The second kappa shape index (κ2) is 8.58. The van der Waals surface area contributed by atoms with Gasteiger partial charge >= 0.3 is 0 Å². The van der Waals surface area contributed by atoms with Crippen molar-refractivity contribution < 1.29 is 4.74 Å². The molecule has 0 unspecified atom stereocenters. The molecule has 8 nitrogen and oxygen atoms in total. The van der Waals surface area contributed by atoms with E-state index in [0.717, 1.165) is 74.3 Å². The molecule has 3 heterocycles. The van der Waals surface area contributed by atoms with Gasteiger partial charge in [-0.25, -0.2) is 9.67 Å². The SMILES string of the molecule is COc1cc(N2CCC(N)CC2)ccc1-c1nc2c(C)nn(C3CCCCC3)c(=O)c2[nH]1. The molecule has 2 aromatic heterocycles. The largest absolute Gasteiger partial charge is 0.496 e. The van der Waals surface area contributed by atoms with Crippen molar-refractivity contribution in [2.75, 3.05) is 25.1 Å². The summed E-state index contributed by atoms with van der Waals surface area (Å²) in [5.41, 5.74) is 9.85. The Balaban J connectivity index is 1.52. The molecule has 32 heavy (non-hydrogen) atoms. The summed E-state index contributed by atoms with van der Waals surface area (Å²) in [6.07, 6.45) is 7.54. The first kappa shape index (κ1) is 21.0. The first-order valence-corrected chi connectivity index (χ1v) is 11.7. The lowest BCUT2D eigenvalue weighted by molar-refractivity contribution is 0.318. The molecule has 5 rings (SSSR count). The Morgan fingerprint density at radius 3 is 2.59 bits per heavy atom. The first-order chi connectivity index (χ1) is 15.5. The van der Waals surface area contributed by atoms with Gasteiger partial charge in [-0.05, 0) is 44.7 Å². The van der Waals surface area contributed by atoms with Crippen LogP contribution < -0.4 is 20.9 Å². The van der Waals surface area contributed by atoms with E-state index in [4.69, 9.17) is 15.5 Å². The summed E-state index contributed by atoms with van der Waals surface area (Å²) in [4.78, 5) is 23.6. The van der Waals surface area contributed by atoms with E-state index in [9.17, 15) is 4.79 Å². The molecule has 170 valence electrons. The zero-order valence-corrected chi connectivity index (χ0v) is 18.9. The number of rotatable bonds is 4. The van der Waals surface area contributed by atoms with Crippen LogP contribution in [0.25, 0.3) is 22.4 Å². The van der Waals surface area contributed by atoms with E-state index in [2.05, 4.69) is 21.0 Å². The second-order valence-electron chi connectivity index (χ2n) is 9.15. The predicted octanol–water partition coefficient (Wildman–Crippen LogP) is 3.54. The van der Waals surface area contributed by atoms with Gasteiger partial charge in [-0.1, -0.05) is 19.3 Å². The maximum Gasteiger partial charge on any atom is 0.293 e. The van der Waals surface area contributed by atoms with Gasteiger partial charge in [0.25, 0.3) is 5.56 Å². The van der Waals surface area contributed by atoms with E-state index in [1.54, 1.807) is 11.8 Å². The van der Waals surface area contributed by atoms with Crippen LogP contribution in [0.1, 0.15) is 56.7 Å². The molecular formula is C24H32N6O2. The number of benzene rings is 1. The average molecular weight is 437 g/mol. The van der Waals surface area contributed by atoms with Crippen LogP contribution in [0.2, 0.25) is 0 Å². The number of anilines is 1. The van der Waals surface area contributed by atoms with Gasteiger partial charge in [0.1, 0.15) is 22.6 Å². The Morgan fingerprint density at radius 2 is 1.88 bits per heavy atom. The Kier molecular flexibility index (Phi) is 5.63. The van der Waals surface area contributed by atoms with E-state index in [1.165, 1.54) is 6.42 Å². The molecule has 0 atom stereocenters. The van der Waals surface area contributed by atoms with E-state index >= 15 is 0 Å². The molecule has 1 aromatic carbocycles. The normalized spacial score (nSPS) is 18.4. The number of imidazole rings is 1. The molecule has 0 amide bonds. The van der Waals surface area contributed by atoms with Crippen LogP contribution in [0.5, 0.6) is 5.75 Å². The summed E-state index contributed by atoms with van der Waals surface area (Å²) in [5, 5.41) is 4.63. The minimum Gasteiger partial charge on any atom is -0.496 e. The Bertz CT molecular complexity index is 1170. The van der Waals surface area contributed by atoms with Crippen LogP contribution in [-0.2, 0) is 0 Å². The molecule has 2 fully saturated rings. The highest BCUT2D eigenvalue weighted by Gasteiger charge is 2.23. The van der Waals surface area contributed by atoms with Crippen LogP contribution in [0, 0.1) is 6.92 Å². The van der Waals surface area contributed by atoms with Gasteiger partial charge in [-0.2, -0.15) is 5.10 Å². The molecule has 8 heteroatoms. The minimum atomic E-state index is -0.0866. The van der Waals surface area contributed by atoms with Crippen LogP contribution in [0.3, 0.4) is 0 Å². The Labute approximate surface area is 187 Å². The van der Waals surface area contributed by atoms with Crippen molar-refractivity contribution in [1.82, 2.24) is 19.7 Å². The van der Waals surface area contributed by atoms with Crippen molar-refractivity contribution >= 4 is 16.7 Å². The number of aromatic amines is 1. The summed E-state index contributed by atoms with van der Waals surface area (Å²) < 4.78 is 7.40. The van der Waals surface area contributed by atoms with Gasteiger partial charge in [0.2, 0.25) is 0 Å². The van der Waals surface area contributed by atoms with Gasteiger partial charge in [0.05, 0.1) is 24.4 Å². The van der Waals surface area contributed by atoms with Crippen LogP contribution in [0.4, 0.5) is 5.69 Å². The van der Waals surface area contributed by atoms with Crippen molar-refractivity contribution in [3.05, 3.63) is 34.2 Å². The lowest BCUT2D eigenvalue weighted by Crippen LogP contribution is -2.39. The summed E-state index contributed by atoms with van der Waals surface area (Å²) in [7, 11) is 1.67. The van der Waals surface area contributed by atoms with Crippen LogP contribution >= 0.6 is 0 Å². The van der Waals surface area contributed by atoms with E-state index < -0.39 is 0 Å². The third-order valence-electron chi connectivity index (χ3n) is 6.99. The average Bonchev–Trinajstić information content (AvgIpc) is 3.28. The molecule has 1 aliphatic heterocycles. The number of nitrogens with one attached hydrogen (secondary N) is 1. The number of ether oxygens (including phenoxy) is 1. The number of aromatic nitrogens is 4. The maximum absolute atomic E-state index is 13.2. The van der Waals surface area contributed by atoms with Gasteiger partial charge in [0.15, 0.2) is 0 Å². The van der Waals surface area contributed by atoms with Crippen LogP contribution in [-0.4, -0.2) is 46.0 Å². The molecule has 3 aromatic rings. The molecule has 0 spiro atoms. The summed E-state index contributed by atoms with van der Waals surface area (Å²) in [6.45, 7) is 3.81. The third kappa shape index (κ3) is 3.77. The van der Waals surface area contributed by atoms with E-state index in [-0.39, 0.29) is 17.6 Å². The molecule has 1 aliphatic carbocycles. The fourth-order valence-corrected chi connectivity index (χ4v) is 5.09. The van der Waals surface area contributed by atoms with Crippen molar-refractivity contribution in [2.45, 2.75) is 64.0 Å². The third-order valence-corrected chi connectivity index (χ3v) is 6.99. The first-order valence-electron chi connectivity index (χ1n) is 11.7. The topological polar surface area (TPSA) is 102 Å². The monoisotopic (exact) mass is 436 g/mol. The van der Waals surface area contributed by atoms with Crippen molar-refractivity contribution in [2.24, 2.45) is 5.73 Å². The van der Waals surface area contributed by atoms with Gasteiger partial charge in [-0.3, -0.25) is 4.79 Å². The van der Waals surface area contributed by atoms with E-state index in [1.807, 2.05) is 19.1 Å². The highest BCUT2D eigenvalue weighted by molar-refractivity contribution is 5.82. The summed E-state index contributed by atoms with van der Waals surface area (Å²) in [5.74, 6) is 1.36. The molecule has 3 N–H and O–H groups in total. The highest BCUT2D eigenvalue weighted by Crippen LogP contribution is 2.34. The number of methoxy groups -OCH3 is 1. The summed E-state index contributed by atoms with van der Waals surface area (Å²) >= 11 is 0. The van der Waals surface area contributed by atoms with Crippen molar-refractivity contribution in [3.63, 3.8) is 0 Å². The number of hydrogen-bond donors (Lipinski definition) is 2. The molecule has 0 radical (unpaired) electrons. The number of H-pyrrole nitrogens is 1. The summed E-state index contributed by atoms with van der Waals surface area (Å²) in [6, 6.07) is 6.62. The second-order valence-corrected chi connectivity index (χ2v) is 9.15. The highest BCUT2D eigenvalue weighted by atomic mass is 16.5. The number of aryl methyl sites for hydroxylation is 1. The fraction of sp³-hybridized carbons (Fsp3) is 0.542.